The zero-order valence-electron chi connectivity index (χ0n) is 7.85. The van der Waals surface area contributed by atoms with Gasteiger partial charge in [0.15, 0.2) is 4.77 Å². The van der Waals surface area contributed by atoms with E-state index in [2.05, 4.69) is 13.7 Å². The number of imidazole rings is 1. The fourth-order valence-electron chi connectivity index (χ4n) is 1.54. The lowest BCUT2D eigenvalue weighted by Crippen LogP contribution is -1.95. The van der Waals surface area contributed by atoms with E-state index in [1.165, 1.54) is 0 Å². The van der Waals surface area contributed by atoms with Crippen LogP contribution in [-0.4, -0.2) is 18.3 Å². The molecule has 1 aromatic carbocycles. The maximum absolute atomic E-state index is 6.18. The SMILES string of the molecule is S=c1[nH]ccn1-c1c(Cl)ccc2nsnc12. The summed E-state index contributed by atoms with van der Waals surface area (Å²) in [6.45, 7) is 0. The first kappa shape index (κ1) is 9.95. The lowest BCUT2D eigenvalue weighted by atomic mass is 10.2. The minimum absolute atomic E-state index is 0.586. The summed E-state index contributed by atoms with van der Waals surface area (Å²) in [4.78, 5) is 2.93. The van der Waals surface area contributed by atoms with E-state index < -0.39 is 0 Å². The predicted octanol–water partition coefficient (Wildman–Crippen LogP) is 3.19. The molecule has 3 aromatic rings. The lowest BCUT2D eigenvalue weighted by molar-refractivity contribution is 1.04. The minimum atomic E-state index is 0.586. The van der Waals surface area contributed by atoms with Gasteiger partial charge < -0.3 is 4.98 Å². The fourth-order valence-corrected chi connectivity index (χ4v) is 2.54. The summed E-state index contributed by atoms with van der Waals surface area (Å²) >= 11 is 12.5. The molecule has 2 aromatic heterocycles. The highest BCUT2D eigenvalue weighted by Gasteiger charge is 2.11. The number of halogens is 1. The highest BCUT2D eigenvalue weighted by atomic mass is 35.5. The summed E-state index contributed by atoms with van der Waals surface area (Å²) < 4.78 is 10.8. The van der Waals surface area contributed by atoms with Crippen molar-refractivity contribution >= 4 is 46.6 Å². The third-order valence-electron chi connectivity index (χ3n) is 2.24. The van der Waals surface area contributed by atoms with Crippen molar-refractivity contribution in [2.75, 3.05) is 0 Å². The fraction of sp³-hybridized carbons (Fsp3) is 0. The Balaban J connectivity index is 2.46. The molecule has 80 valence electrons. The molecule has 16 heavy (non-hydrogen) atoms. The van der Waals surface area contributed by atoms with E-state index in [9.17, 15) is 0 Å². The second kappa shape index (κ2) is 3.65. The molecule has 0 fully saturated rings. The molecule has 3 rings (SSSR count). The molecule has 0 bridgehead atoms. The van der Waals surface area contributed by atoms with E-state index in [0.717, 1.165) is 28.4 Å². The first-order chi connectivity index (χ1) is 7.77. The molecule has 0 saturated heterocycles. The van der Waals surface area contributed by atoms with Crippen LogP contribution in [0.15, 0.2) is 24.5 Å². The van der Waals surface area contributed by atoms with Crippen molar-refractivity contribution < 1.29 is 0 Å². The average Bonchev–Trinajstić information content (AvgIpc) is 2.87. The van der Waals surface area contributed by atoms with Gasteiger partial charge in [-0.05, 0) is 24.4 Å². The Morgan fingerprint density at radius 1 is 1.38 bits per heavy atom. The number of H-pyrrole nitrogens is 1. The number of benzene rings is 1. The van der Waals surface area contributed by atoms with Crippen LogP contribution in [0.4, 0.5) is 0 Å². The zero-order chi connectivity index (χ0) is 11.1. The highest BCUT2D eigenvalue weighted by molar-refractivity contribution is 7.71. The second-order valence-corrected chi connectivity index (χ2v) is 4.49. The van der Waals surface area contributed by atoms with Gasteiger partial charge in [0.05, 0.1) is 22.4 Å². The van der Waals surface area contributed by atoms with Crippen LogP contribution < -0.4 is 0 Å². The molecule has 0 aliphatic carbocycles. The van der Waals surface area contributed by atoms with Crippen molar-refractivity contribution in [1.82, 2.24) is 18.3 Å². The maximum Gasteiger partial charge on any atom is 0.181 e. The number of nitrogens with one attached hydrogen (secondary N) is 1. The number of nitrogens with zero attached hydrogens (tertiary/aromatic N) is 3. The third-order valence-corrected chi connectivity index (χ3v) is 3.40. The largest absolute Gasteiger partial charge is 0.337 e. The molecule has 4 nitrogen and oxygen atoms in total. The summed E-state index contributed by atoms with van der Waals surface area (Å²) in [6, 6.07) is 3.65. The molecule has 0 unspecified atom stereocenters. The van der Waals surface area contributed by atoms with E-state index in [1.54, 1.807) is 16.8 Å². The Bertz CT molecular complexity index is 711. The van der Waals surface area contributed by atoms with Crippen molar-refractivity contribution in [2.45, 2.75) is 0 Å². The molecular weight excluding hydrogens is 264 g/mol. The van der Waals surface area contributed by atoms with Gasteiger partial charge in [0.1, 0.15) is 11.0 Å². The van der Waals surface area contributed by atoms with Crippen LogP contribution in [0.25, 0.3) is 16.7 Å². The topological polar surface area (TPSA) is 46.5 Å². The van der Waals surface area contributed by atoms with Crippen LogP contribution in [0.2, 0.25) is 5.02 Å². The van der Waals surface area contributed by atoms with Crippen LogP contribution in [-0.2, 0) is 0 Å². The van der Waals surface area contributed by atoms with Crippen molar-refractivity contribution in [3.63, 3.8) is 0 Å². The molecule has 0 aliphatic rings. The third kappa shape index (κ3) is 1.38. The van der Waals surface area contributed by atoms with Crippen molar-refractivity contribution in [2.24, 2.45) is 0 Å². The van der Waals surface area contributed by atoms with E-state index in [1.807, 2.05) is 12.3 Å². The first-order valence-corrected chi connectivity index (χ1v) is 5.96. The molecule has 2 heterocycles. The van der Waals surface area contributed by atoms with Gasteiger partial charge in [-0.3, -0.25) is 4.57 Å². The van der Waals surface area contributed by atoms with E-state index >= 15 is 0 Å². The van der Waals surface area contributed by atoms with Crippen LogP contribution in [0, 0.1) is 4.77 Å². The monoisotopic (exact) mass is 268 g/mol. The quantitative estimate of drug-likeness (QED) is 0.690. The summed E-state index contributed by atoms with van der Waals surface area (Å²) in [5, 5.41) is 0.607. The van der Waals surface area contributed by atoms with Crippen molar-refractivity contribution in [3.8, 4) is 5.69 Å². The summed E-state index contributed by atoms with van der Waals surface area (Å²) in [6.07, 6.45) is 3.58. The number of aromatic nitrogens is 4. The van der Waals surface area contributed by atoms with Crippen molar-refractivity contribution in [1.29, 1.82) is 0 Å². The van der Waals surface area contributed by atoms with Crippen LogP contribution in [0.1, 0.15) is 0 Å². The van der Waals surface area contributed by atoms with Gasteiger partial charge in [0.25, 0.3) is 0 Å². The van der Waals surface area contributed by atoms with Gasteiger partial charge in [-0.1, -0.05) is 11.6 Å². The zero-order valence-corrected chi connectivity index (χ0v) is 10.2. The molecule has 0 atom stereocenters. The predicted molar refractivity (Wildman–Crippen MR) is 66.9 cm³/mol. The summed E-state index contributed by atoms with van der Waals surface area (Å²) in [7, 11) is 0. The summed E-state index contributed by atoms with van der Waals surface area (Å²) in [5.41, 5.74) is 2.37. The van der Waals surface area contributed by atoms with Crippen molar-refractivity contribution in [3.05, 3.63) is 34.3 Å². The molecule has 0 spiro atoms. The van der Waals surface area contributed by atoms with Crippen LogP contribution in [0.3, 0.4) is 0 Å². The molecule has 0 radical (unpaired) electrons. The number of rotatable bonds is 1. The maximum atomic E-state index is 6.18. The Kier molecular flexibility index (Phi) is 2.27. The molecular formula is C9H5ClN4S2. The Hall–Kier alpha value is -1.24. The second-order valence-electron chi connectivity index (χ2n) is 3.16. The Labute approximate surface area is 105 Å². The van der Waals surface area contributed by atoms with Crippen LogP contribution in [0.5, 0.6) is 0 Å². The van der Waals surface area contributed by atoms with Crippen LogP contribution >= 0.6 is 35.5 Å². The lowest BCUT2D eigenvalue weighted by Gasteiger charge is -2.04. The smallest absolute Gasteiger partial charge is 0.181 e. The number of fused-ring (bicyclic) bond motifs is 1. The van der Waals surface area contributed by atoms with Gasteiger partial charge in [-0.2, -0.15) is 8.75 Å². The number of hydrogen-bond donors (Lipinski definition) is 1. The molecule has 0 amide bonds. The van der Waals surface area contributed by atoms with E-state index in [4.69, 9.17) is 23.8 Å². The van der Waals surface area contributed by atoms with Gasteiger partial charge in [0, 0.05) is 12.4 Å². The minimum Gasteiger partial charge on any atom is -0.337 e. The van der Waals surface area contributed by atoms with Gasteiger partial charge in [0.2, 0.25) is 0 Å². The Morgan fingerprint density at radius 2 is 2.25 bits per heavy atom. The standard InChI is InChI=1S/C9H5ClN4S2/c10-5-1-2-6-7(13-16-12-6)8(5)14-4-3-11-9(14)15/h1-4H,(H,11,15). The molecule has 1 N–H and O–H groups in total. The normalized spacial score (nSPS) is 11.1. The Morgan fingerprint density at radius 3 is 3.00 bits per heavy atom. The van der Waals surface area contributed by atoms with Gasteiger partial charge in [-0.25, -0.2) is 0 Å². The summed E-state index contributed by atoms with van der Waals surface area (Å²) in [5.74, 6) is 0. The van der Waals surface area contributed by atoms with Gasteiger partial charge >= 0.3 is 0 Å². The van der Waals surface area contributed by atoms with E-state index in [-0.39, 0.29) is 0 Å². The molecule has 0 saturated carbocycles. The highest BCUT2D eigenvalue weighted by Crippen LogP contribution is 2.28. The van der Waals surface area contributed by atoms with E-state index in [0.29, 0.717) is 9.79 Å². The molecule has 7 heteroatoms. The van der Waals surface area contributed by atoms with Gasteiger partial charge in [-0.15, -0.1) is 0 Å². The number of hydrogen-bond acceptors (Lipinski definition) is 4. The number of aromatic amines is 1. The average molecular weight is 269 g/mol. The first-order valence-electron chi connectivity index (χ1n) is 4.44. The molecule has 0 aliphatic heterocycles.